The highest BCUT2D eigenvalue weighted by molar-refractivity contribution is 9.10. The van der Waals surface area contributed by atoms with Crippen molar-refractivity contribution < 1.29 is 19.4 Å². The number of carbonyl (C=O) groups excluding carboxylic acids is 1. The molecule has 0 aliphatic carbocycles. The number of hydrogen-bond donors (Lipinski definition) is 2. The first-order chi connectivity index (χ1) is 13.5. The number of carbonyl (C=O) groups is 2. The quantitative estimate of drug-likeness (QED) is 0.552. The van der Waals surface area contributed by atoms with Crippen LogP contribution in [-0.2, 0) is 4.79 Å². The lowest BCUT2D eigenvalue weighted by Gasteiger charge is -2.24. The highest BCUT2D eigenvalue weighted by atomic mass is 79.9. The minimum atomic E-state index is -1.01. The first kappa shape index (κ1) is 18.7. The van der Waals surface area contributed by atoms with E-state index >= 15 is 0 Å². The van der Waals surface area contributed by atoms with Crippen molar-refractivity contribution in [1.82, 2.24) is 0 Å². The fourth-order valence-electron chi connectivity index (χ4n) is 3.43. The molecule has 0 saturated heterocycles. The van der Waals surface area contributed by atoms with Crippen LogP contribution < -0.4 is 10.1 Å². The van der Waals surface area contributed by atoms with Crippen LogP contribution in [0.2, 0.25) is 0 Å². The number of amides is 1. The zero-order valence-electron chi connectivity index (χ0n) is 14.9. The molecular formula is C21H16BrNO4S. The predicted octanol–water partition coefficient (Wildman–Crippen LogP) is 5.36. The van der Waals surface area contributed by atoms with Gasteiger partial charge in [0.1, 0.15) is 10.6 Å². The van der Waals surface area contributed by atoms with Crippen molar-refractivity contribution in [3.63, 3.8) is 0 Å². The molecule has 1 aliphatic rings. The summed E-state index contributed by atoms with van der Waals surface area (Å²) in [5.74, 6) is -0.618. The number of methoxy groups -OCH3 is 1. The van der Waals surface area contributed by atoms with Crippen molar-refractivity contribution in [2.75, 3.05) is 12.4 Å². The van der Waals surface area contributed by atoms with Gasteiger partial charge >= 0.3 is 5.97 Å². The average Bonchev–Trinajstić information content (AvgIpc) is 3.07. The number of nitrogens with one attached hydrogen (secondary N) is 1. The molecule has 3 aromatic rings. The number of thiophene rings is 1. The summed E-state index contributed by atoms with van der Waals surface area (Å²) in [4.78, 5) is 25.5. The van der Waals surface area contributed by atoms with Gasteiger partial charge in [0.2, 0.25) is 5.91 Å². The maximum Gasteiger partial charge on any atom is 0.346 e. The molecule has 1 aliphatic heterocycles. The number of aromatic carboxylic acids is 1. The third-order valence-corrected chi connectivity index (χ3v) is 6.57. The summed E-state index contributed by atoms with van der Waals surface area (Å²) in [7, 11) is 1.58. The number of carboxylic acid groups (broad SMARTS) is 1. The lowest BCUT2D eigenvalue weighted by atomic mass is 9.89. The van der Waals surface area contributed by atoms with Gasteiger partial charge in [-0.05, 0) is 35.4 Å². The number of rotatable bonds is 4. The molecule has 0 unspecified atom stereocenters. The smallest absolute Gasteiger partial charge is 0.346 e. The van der Waals surface area contributed by atoms with Gasteiger partial charge in [0.15, 0.2) is 0 Å². The van der Waals surface area contributed by atoms with E-state index in [9.17, 15) is 14.7 Å². The fraction of sp³-hybridized carbons (Fsp3) is 0.143. The van der Waals surface area contributed by atoms with Crippen LogP contribution >= 0.6 is 27.3 Å². The Kier molecular flexibility index (Phi) is 4.95. The van der Waals surface area contributed by atoms with Crippen LogP contribution in [0.25, 0.3) is 11.1 Å². The molecule has 4 rings (SSSR count). The second kappa shape index (κ2) is 7.41. The topological polar surface area (TPSA) is 75.6 Å². The number of carboxylic acids is 1. The number of anilines is 1. The van der Waals surface area contributed by atoms with Crippen molar-refractivity contribution in [2.45, 2.75) is 12.3 Å². The van der Waals surface area contributed by atoms with Gasteiger partial charge < -0.3 is 15.2 Å². The molecule has 0 bridgehead atoms. The van der Waals surface area contributed by atoms with Crippen LogP contribution in [0.1, 0.15) is 32.5 Å². The highest BCUT2D eigenvalue weighted by Gasteiger charge is 2.34. The fourth-order valence-corrected chi connectivity index (χ4v) is 4.95. The molecular weight excluding hydrogens is 442 g/mol. The molecule has 1 amide bonds. The van der Waals surface area contributed by atoms with Gasteiger partial charge in [-0.1, -0.05) is 40.2 Å². The van der Waals surface area contributed by atoms with E-state index in [1.807, 2.05) is 36.4 Å². The molecule has 0 spiro atoms. The van der Waals surface area contributed by atoms with Gasteiger partial charge in [-0.2, -0.15) is 0 Å². The van der Waals surface area contributed by atoms with Gasteiger partial charge in [0, 0.05) is 27.3 Å². The van der Waals surface area contributed by atoms with Crippen molar-refractivity contribution in [2.24, 2.45) is 0 Å². The summed E-state index contributed by atoms with van der Waals surface area (Å²) in [5, 5.41) is 12.7. The second-order valence-electron chi connectivity index (χ2n) is 6.44. The van der Waals surface area contributed by atoms with Crippen LogP contribution in [0.4, 0.5) is 5.69 Å². The normalized spacial score (nSPS) is 15.6. The van der Waals surface area contributed by atoms with E-state index in [0.29, 0.717) is 17.0 Å². The Hall–Kier alpha value is -2.64. The Bertz CT molecular complexity index is 1060. The van der Waals surface area contributed by atoms with Crippen molar-refractivity contribution in [3.8, 4) is 16.9 Å². The van der Waals surface area contributed by atoms with Crippen LogP contribution in [0.15, 0.2) is 53.0 Å². The third kappa shape index (κ3) is 3.31. The van der Waals surface area contributed by atoms with Crippen LogP contribution in [0, 0.1) is 0 Å². The molecule has 2 heterocycles. The van der Waals surface area contributed by atoms with Crippen LogP contribution in [0.5, 0.6) is 5.75 Å². The lowest BCUT2D eigenvalue weighted by Crippen LogP contribution is -2.22. The molecule has 2 aromatic carbocycles. The summed E-state index contributed by atoms with van der Waals surface area (Å²) in [5.41, 5.74) is 2.85. The monoisotopic (exact) mass is 457 g/mol. The molecule has 1 aromatic heterocycles. The summed E-state index contributed by atoms with van der Waals surface area (Å²) < 4.78 is 6.14. The summed E-state index contributed by atoms with van der Waals surface area (Å²) >= 11 is 4.65. The Balaban J connectivity index is 1.89. The molecule has 1 atom stereocenters. The molecule has 0 radical (unpaired) electrons. The van der Waals surface area contributed by atoms with Gasteiger partial charge in [0.25, 0.3) is 0 Å². The Morgan fingerprint density at radius 2 is 1.86 bits per heavy atom. The maximum absolute atomic E-state index is 12.5. The zero-order valence-corrected chi connectivity index (χ0v) is 17.3. The number of fused-ring (bicyclic) bond motifs is 1. The minimum absolute atomic E-state index is 0.120. The Morgan fingerprint density at radius 3 is 2.46 bits per heavy atom. The Labute approximate surface area is 174 Å². The van der Waals surface area contributed by atoms with Gasteiger partial charge in [0.05, 0.1) is 12.8 Å². The van der Waals surface area contributed by atoms with Crippen molar-refractivity contribution in [3.05, 3.63) is 68.3 Å². The number of hydrogen-bond acceptors (Lipinski definition) is 4. The van der Waals surface area contributed by atoms with Crippen molar-refractivity contribution in [1.29, 1.82) is 0 Å². The van der Waals surface area contributed by atoms with E-state index in [-0.39, 0.29) is 23.1 Å². The predicted molar refractivity (Wildman–Crippen MR) is 112 cm³/mol. The first-order valence-corrected chi connectivity index (χ1v) is 10.2. The summed E-state index contributed by atoms with van der Waals surface area (Å²) in [6.07, 6.45) is 0.288. The molecule has 28 heavy (non-hydrogen) atoms. The number of halogens is 1. The molecule has 5 nitrogen and oxygen atoms in total. The van der Waals surface area contributed by atoms with Crippen LogP contribution in [-0.4, -0.2) is 24.1 Å². The van der Waals surface area contributed by atoms with Gasteiger partial charge in [-0.15, -0.1) is 11.3 Å². The number of benzene rings is 2. The molecule has 142 valence electrons. The second-order valence-corrected chi connectivity index (χ2v) is 8.40. The molecule has 0 fully saturated rings. The minimum Gasteiger partial charge on any atom is -0.497 e. The maximum atomic E-state index is 12.5. The van der Waals surface area contributed by atoms with Gasteiger partial charge in [-0.25, -0.2) is 4.79 Å². The SMILES string of the molecule is COc1ccc(-c2c(C(=O)O)sc3c2NC(=O)C[C@@H]3c2ccc(Br)cc2)cc1. The Morgan fingerprint density at radius 1 is 1.18 bits per heavy atom. The van der Waals surface area contributed by atoms with E-state index in [4.69, 9.17) is 4.74 Å². The average molecular weight is 458 g/mol. The molecule has 0 saturated carbocycles. The summed E-state index contributed by atoms with van der Waals surface area (Å²) in [6.45, 7) is 0. The van der Waals surface area contributed by atoms with Crippen molar-refractivity contribution >= 4 is 44.8 Å². The zero-order chi connectivity index (χ0) is 19.8. The largest absolute Gasteiger partial charge is 0.497 e. The highest BCUT2D eigenvalue weighted by Crippen LogP contribution is 2.49. The number of ether oxygens (including phenoxy) is 1. The van der Waals surface area contributed by atoms with E-state index in [2.05, 4.69) is 21.2 Å². The van der Waals surface area contributed by atoms with Crippen LogP contribution in [0.3, 0.4) is 0 Å². The van der Waals surface area contributed by atoms with E-state index < -0.39 is 5.97 Å². The van der Waals surface area contributed by atoms with E-state index in [0.717, 1.165) is 20.5 Å². The third-order valence-electron chi connectivity index (χ3n) is 4.75. The lowest BCUT2D eigenvalue weighted by molar-refractivity contribution is -0.116. The summed E-state index contributed by atoms with van der Waals surface area (Å²) in [6, 6.07) is 15.0. The van der Waals surface area contributed by atoms with E-state index in [1.54, 1.807) is 19.2 Å². The standard InChI is InChI=1S/C21H16BrNO4S/c1-27-14-8-4-12(5-9-14)17-18-19(28-20(17)21(25)26)15(10-16(24)23-18)11-2-6-13(22)7-3-11/h2-9,15H,10H2,1H3,(H,23,24)(H,25,26)/t15-/m1/s1. The molecule has 2 N–H and O–H groups in total. The first-order valence-electron chi connectivity index (χ1n) is 8.57. The molecule has 7 heteroatoms. The van der Waals surface area contributed by atoms with Gasteiger partial charge in [-0.3, -0.25) is 4.79 Å². The van der Waals surface area contributed by atoms with E-state index in [1.165, 1.54) is 11.3 Å².